The number of aryl methyl sites for hydroxylation is 1. The molecule has 1 aromatic carbocycles. The molecule has 3 rings (SSSR count). The summed E-state index contributed by atoms with van der Waals surface area (Å²) in [5, 5.41) is 2.64. The van der Waals surface area contributed by atoms with E-state index in [0.717, 1.165) is 23.5 Å². The van der Waals surface area contributed by atoms with Gasteiger partial charge in [-0.1, -0.05) is 30.3 Å². The maximum Gasteiger partial charge on any atom is 0.329 e. The van der Waals surface area contributed by atoms with Crippen LogP contribution in [0, 0.1) is 13.8 Å². The number of nitrogens with zero attached hydrogens (tertiary/aromatic N) is 1. The van der Waals surface area contributed by atoms with Gasteiger partial charge in [-0.3, -0.25) is 9.59 Å². The number of Topliss-reactive ketones (excluding diaryl/α,β-unsaturated/α-hetero) is 1. The van der Waals surface area contributed by atoms with Crippen LogP contribution in [0.15, 0.2) is 59.2 Å². The number of carbonyl (C=O) groups is 3. The highest BCUT2D eigenvalue weighted by molar-refractivity contribution is 6.00. The number of carbonyl (C=O) groups excluding carboxylic acids is 3. The normalized spacial score (nSPS) is 11.7. The third kappa shape index (κ3) is 5.31. The number of hydrogen-bond acceptors (Lipinski definition) is 5. The zero-order valence-corrected chi connectivity index (χ0v) is 17.9. The minimum Gasteiger partial charge on any atom is -0.459 e. The van der Waals surface area contributed by atoms with Crippen LogP contribution in [-0.4, -0.2) is 34.9 Å². The minimum absolute atomic E-state index is 0.0916. The van der Waals surface area contributed by atoms with Crippen LogP contribution < -0.4 is 5.32 Å². The first kappa shape index (κ1) is 22.1. The van der Waals surface area contributed by atoms with E-state index in [1.165, 1.54) is 12.3 Å². The molecule has 1 N–H and O–H groups in total. The summed E-state index contributed by atoms with van der Waals surface area (Å²) in [6.07, 6.45) is 1.61. The van der Waals surface area contributed by atoms with Gasteiger partial charge in [0, 0.05) is 29.9 Å². The van der Waals surface area contributed by atoms with Gasteiger partial charge < -0.3 is 19.0 Å². The minimum atomic E-state index is -0.962. The molecule has 7 nitrogen and oxygen atoms in total. The third-order valence-electron chi connectivity index (χ3n) is 5.15. The van der Waals surface area contributed by atoms with Crippen molar-refractivity contribution in [2.75, 3.05) is 6.61 Å². The fourth-order valence-electron chi connectivity index (χ4n) is 3.57. The van der Waals surface area contributed by atoms with Gasteiger partial charge in [0.15, 0.2) is 12.4 Å². The number of rotatable bonds is 9. The Balaban J connectivity index is 1.70. The van der Waals surface area contributed by atoms with Crippen molar-refractivity contribution >= 4 is 17.7 Å². The van der Waals surface area contributed by atoms with Gasteiger partial charge in [0.05, 0.1) is 6.26 Å². The summed E-state index contributed by atoms with van der Waals surface area (Å²) in [6.45, 7) is 6.16. The van der Waals surface area contributed by atoms with Crippen LogP contribution in [0.4, 0.5) is 0 Å². The standard InChI is InChI=1S/C24H26N2O5/c1-4-26-16(2)13-19(17(26)3)21(27)15-31-24(29)20(14-18-9-6-5-7-10-18)25-23(28)22-11-8-12-30-22/h5-13,20H,4,14-15H2,1-3H3,(H,25,28)/t20-/m0/s1. The van der Waals surface area contributed by atoms with Crippen molar-refractivity contribution in [1.82, 2.24) is 9.88 Å². The molecule has 0 bridgehead atoms. The van der Waals surface area contributed by atoms with Gasteiger partial charge in [-0.25, -0.2) is 4.79 Å². The summed E-state index contributed by atoms with van der Waals surface area (Å²) >= 11 is 0. The summed E-state index contributed by atoms with van der Waals surface area (Å²) in [5.74, 6) is -1.40. The zero-order valence-electron chi connectivity index (χ0n) is 17.9. The lowest BCUT2D eigenvalue weighted by Gasteiger charge is -2.17. The Labute approximate surface area is 181 Å². The SMILES string of the molecule is CCn1c(C)cc(C(=O)COC(=O)[C@H](Cc2ccccc2)NC(=O)c2ccco2)c1C. The van der Waals surface area contributed by atoms with Gasteiger partial charge >= 0.3 is 5.97 Å². The van der Waals surface area contributed by atoms with E-state index in [4.69, 9.17) is 9.15 Å². The van der Waals surface area contributed by atoms with Crippen molar-refractivity contribution in [3.05, 3.63) is 83.1 Å². The van der Waals surface area contributed by atoms with Crippen molar-refractivity contribution in [3.8, 4) is 0 Å². The molecule has 0 radical (unpaired) electrons. The fourth-order valence-corrected chi connectivity index (χ4v) is 3.57. The van der Waals surface area contributed by atoms with Crippen LogP contribution in [0.25, 0.3) is 0 Å². The highest BCUT2D eigenvalue weighted by Gasteiger charge is 2.26. The van der Waals surface area contributed by atoms with Crippen LogP contribution in [0.2, 0.25) is 0 Å². The number of hydrogen-bond donors (Lipinski definition) is 1. The number of amides is 1. The Morgan fingerprint density at radius 3 is 2.45 bits per heavy atom. The maximum atomic E-state index is 12.8. The monoisotopic (exact) mass is 422 g/mol. The molecule has 162 valence electrons. The van der Waals surface area contributed by atoms with E-state index >= 15 is 0 Å². The number of ether oxygens (including phenoxy) is 1. The molecule has 0 saturated carbocycles. The van der Waals surface area contributed by atoms with Crippen molar-refractivity contribution in [2.45, 2.75) is 39.8 Å². The van der Waals surface area contributed by atoms with Crippen LogP contribution >= 0.6 is 0 Å². The third-order valence-corrected chi connectivity index (χ3v) is 5.15. The number of nitrogens with one attached hydrogen (secondary N) is 1. The van der Waals surface area contributed by atoms with Crippen LogP contribution in [0.1, 0.15) is 44.8 Å². The lowest BCUT2D eigenvalue weighted by molar-refractivity contribution is -0.144. The first-order valence-corrected chi connectivity index (χ1v) is 10.2. The Bertz CT molecular complexity index is 1050. The molecule has 1 amide bonds. The highest BCUT2D eigenvalue weighted by Crippen LogP contribution is 2.16. The molecular formula is C24H26N2O5. The molecule has 2 aromatic heterocycles. The second kappa shape index (κ2) is 9.93. The van der Waals surface area contributed by atoms with Gasteiger partial charge in [0.25, 0.3) is 5.91 Å². The van der Waals surface area contributed by atoms with Gasteiger partial charge in [-0.2, -0.15) is 0 Å². The first-order chi connectivity index (χ1) is 14.9. The number of ketones is 1. The molecular weight excluding hydrogens is 396 g/mol. The number of benzene rings is 1. The van der Waals surface area contributed by atoms with E-state index in [0.29, 0.717) is 5.56 Å². The highest BCUT2D eigenvalue weighted by atomic mass is 16.5. The lowest BCUT2D eigenvalue weighted by atomic mass is 10.1. The van der Waals surface area contributed by atoms with E-state index in [1.54, 1.807) is 12.1 Å². The van der Waals surface area contributed by atoms with Crippen molar-refractivity contribution in [3.63, 3.8) is 0 Å². The Morgan fingerprint density at radius 2 is 1.84 bits per heavy atom. The molecule has 0 saturated heterocycles. The topological polar surface area (TPSA) is 90.5 Å². The molecule has 0 aliphatic rings. The van der Waals surface area contributed by atoms with E-state index in [-0.39, 0.29) is 18.0 Å². The van der Waals surface area contributed by atoms with E-state index in [2.05, 4.69) is 5.32 Å². The quantitative estimate of drug-likeness (QED) is 0.421. The predicted molar refractivity (Wildman–Crippen MR) is 115 cm³/mol. The average molecular weight is 422 g/mol. The average Bonchev–Trinajstić information content (AvgIpc) is 3.40. The fraction of sp³-hybridized carbons (Fsp3) is 0.292. The molecule has 0 fully saturated rings. The summed E-state index contributed by atoms with van der Waals surface area (Å²) in [7, 11) is 0. The molecule has 0 spiro atoms. The molecule has 2 heterocycles. The first-order valence-electron chi connectivity index (χ1n) is 10.2. The Hall–Kier alpha value is -3.61. The lowest BCUT2D eigenvalue weighted by Crippen LogP contribution is -2.43. The molecule has 0 aliphatic heterocycles. The second-order valence-electron chi connectivity index (χ2n) is 7.25. The summed E-state index contributed by atoms with van der Waals surface area (Å²) in [6, 6.07) is 13.2. The molecule has 0 aliphatic carbocycles. The molecule has 1 atom stereocenters. The smallest absolute Gasteiger partial charge is 0.329 e. The maximum absolute atomic E-state index is 12.8. The summed E-state index contributed by atoms with van der Waals surface area (Å²) in [5.41, 5.74) is 3.20. The van der Waals surface area contributed by atoms with Crippen molar-refractivity contribution in [1.29, 1.82) is 0 Å². The van der Waals surface area contributed by atoms with Crippen LogP contribution in [0.3, 0.4) is 0 Å². The van der Waals surface area contributed by atoms with Crippen molar-refractivity contribution < 1.29 is 23.5 Å². The summed E-state index contributed by atoms with van der Waals surface area (Å²) < 4.78 is 12.4. The van der Waals surface area contributed by atoms with Gasteiger partial charge in [0.2, 0.25) is 5.78 Å². The predicted octanol–water partition coefficient (Wildman–Crippen LogP) is 3.49. The van der Waals surface area contributed by atoms with Gasteiger partial charge in [-0.05, 0) is 44.5 Å². The number of furan rings is 1. The zero-order chi connectivity index (χ0) is 22.4. The molecule has 31 heavy (non-hydrogen) atoms. The van der Waals surface area contributed by atoms with Gasteiger partial charge in [0.1, 0.15) is 6.04 Å². The second-order valence-corrected chi connectivity index (χ2v) is 7.25. The summed E-state index contributed by atoms with van der Waals surface area (Å²) in [4.78, 5) is 37.8. The van der Waals surface area contributed by atoms with E-state index < -0.39 is 24.5 Å². The molecule has 3 aromatic rings. The largest absolute Gasteiger partial charge is 0.459 e. The Kier molecular flexibility index (Phi) is 7.07. The Morgan fingerprint density at radius 1 is 1.10 bits per heavy atom. The van der Waals surface area contributed by atoms with Crippen molar-refractivity contribution in [2.24, 2.45) is 0 Å². The van der Waals surface area contributed by atoms with E-state index in [9.17, 15) is 14.4 Å². The van der Waals surface area contributed by atoms with Crippen LogP contribution in [-0.2, 0) is 22.5 Å². The molecule has 7 heteroatoms. The van der Waals surface area contributed by atoms with Crippen LogP contribution in [0.5, 0.6) is 0 Å². The number of esters is 1. The van der Waals surface area contributed by atoms with Gasteiger partial charge in [-0.15, -0.1) is 0 Å². The molecule has 0 unspecified atom stereocenters. The number of aromatic nitrogens is 1. The van der Waals surface area contributed by atoms with E-state index in [1.807, 2.05) is 55.7 Å².